The van der Waals surface area contributed by atoms with Gasteiger partial charge in [-0.15, -0.1) is 0 Å². The summed E-state index contributed by atoms with van der Waals surface area (Å²) >= 11 is 0. The van der Waals surface area contributed by atoms with Gasteiger partial charge in [0.05, 0.1) is 5.92 Å². The Hall–Kier alpha value is -1.51. The van der Waals surface area contributed by atoms with Crippen molar-refractivity contribution in [3.63, 3.8) is 0 Å². The lowest BCUT2D eigenvalue weighted by molar-refractivity contribution is -0.151. The first-order chi connectivity index (χ1) is 8.79. The molecule has 1 aliphatic rings. The second kappa shape index (κ2) is 6.43. The molecule has 0 heterocycles. The molecular formula is C15H21NO2. The highest BCUT2D eigenvalue weighted by atomic mass is 16.5. The van der Waals surface area contributed by atoms with Crippen LogP contribution < -0.4 is 5.32 Å². The molecule has 18 heavy (non-hydrogen) atoms. The third-order valence-electron chi connectivity index (χ3n) is 3.56. The Morgan fingerprint density at radius 3 is 2.50 bits per heavy atom. The molecule has 98 valence electrons. The lowest BCUT2D eigenvalue weighted by atomic mass is 9.89. The number of hydrogen-bond donors (Lipinski definition) is 1. The van der Waals surface area contributed by atoms with E-state index < -0.39 is 0 Å². The van der Waals surface area contributed by atoms with Crippen LogP contribution in [-0.4, -0.2) is 13.0 Å². The number of rotatable bonds is 4. The van der Waals surface area contributed by atoms with E-state index in [0.29, 0.717) is 6.61 Å². The standard InChI is InChI=1S/C15H21NO2/c1-16-14-9-7-12(8-10-14)11-18-15(17)13-5-3-2-4-6-13/h7-10,13,16H,2-6,11H2,1H3. The number of carbonyl (C=O) groups is 1. The van der Waals surface area contributed by atoms with E-state index in [1.807, 2.05) is 31.3 Å². The van der Waals surface area contributed by atoms with E-state index >= 15 is 0 Å². The summed E-state index contributed by atoms with van der Waals surface area (Å²) in [6, 6.07) is 7.95. The Labute approximate surface area is 109 Å². The summed E-state index contributed by atoms with van der Waals surface area (Å²) in [7, 11) is 1.89. The van der Waals surface area contributed by atoms with Gasteiger partial charge in [-0.3, -0.25) is 4.79 Å². The smallest absolute Gasteiger partial charge is 0.309 e. The minimum absolute atomic E-state index is 0.0209. The van der Waals surface area contributed by atoms with Crippen molar-refractivity contribution in [2.75, 3.05) is 12.4 Å². The summed E-state index contributed by atoms with van der Waals surface area (Å²) in [5.74, 6) is 0.114. The van der Waals surface area contributed by atoms with Crippen molar-refractivity contribution in [3.05, 3.63) is 29.8 Å². The molecule has 0 saturated heterocycles. The van der Waals surface area contributed by atoms with E-state index in [9.17, 15) is 4.79 Å². The molecule has 2 rings (SSSR count). The number of hydrogen-bond acceptors (Lipinski definition) is 3. The van der Waals surface area contributed by atoms with Gasteiger partial charge in [0, 0.05) is 12.7 Å². The van der Waals surface area contributed by atoms with E-state index in [2.05, 4.69) is 5.32 Å². The third kappa shape index (κ3) is 3.49. The zero-order chi connectivity index (χ0) is 12.8. The number of nitrogens with one attached hydrogen (secondary N) is 1. The second-order valence-corrected chi connectivity index (χ2v) is 4.89. The zero-order valence-electron chi connectivity index (χ0n) is 10.9. The minimum atomic E-state index is -0.0209. The van der Waals surface area contributed by atoms with Gasteiger partial charge in [0.15, 0.2) is 0 Å². The Morgan fingerprint density at radius 2 is 1.89 bits per heavy atom. The van der Waals surface area contributed by atoms with Gasteiger partial charge in [-0.2, -0.15) is 0 Å². The van der Waals surface area contributed by atoms with Crippen LogP contribution >= 0.6 is 0 Å². The van der Waals surface area contributed by atoms with E-state index in [1.54, 1.807) is 0 Å². The zero-order valence-corrected chi connectivity index (χ0v) is 10.9. The molecule has 0 radical (unpaired) electrons. The van der Waals surface area contributed by atoms with Crippen LogP contribution in [-0.2, 0) is 16.1 Å². The van der Waals surface area contributed by atoms with E-state index in [-0.39, 0.29) is 11.9 Å². The van der Waals surface area contributed by atoms with Gasteiger partial charge in [-0.25, -0.2) is 0 Å². The summed E-state index contributed by atoms with van der Waals surface area (Å²) in [6.45, 7) is 0.388. The van der Waals surface area contributed by atoms with Crippen LogP contribution in [0.5, 0.6) is 0 Å². The van der Waals surface area contributed by atoms with Gasteiger partial charge in [-0.1, -0.05) is 31.4 Å². The molecular weight excluding hydrogens is 226 g/mol. The Morgan fingerprint density at radius 1 is 1.22 bits per heavy atom. The van der Waals surface area contributed by atoms with Crippen molar-refractivity contribution in [1.29, 1.82) is 0 Å². The third-order valence-corrected chi connectivity index (χ3v) is 3.56. The molecule has 1 aliphatic carbocycles. The van der Waals surface area contributed by atoms with Crippen LogP contribution in [0.15, 0.2) is 24.3 Å². The van der Waals surface area contributed by atoms with Gasteiger partial charge in [-0.05, 0) is 30.5 Å². The van der Waals surface area contributed by atoms with Gasteiger partial charge in [0.25, 0.3) is 0 Å². The first kappa shape index (κ1) is 12.9. The van der Waals surface area contributed by atoms with Crippen molar-refractivity contribution in [3.8, 4) is 0 Å². The molecule has 0 bridgehead atoms. The predicted octanol–water partition coefficient (Wildman–Crippen LogP) is 3.35. The van der Waals surface area contributed by atoms with Crippen molar-refractivity contribution < 1.29 is 9.53 Å². The van der Waals surface area contributed by atoms with Crippen LogP contribution in [0.3, 0.4) is 0 Å². The Kier molecular flexibility index (Phi) is 4.62. The quantitative estimate of drug-likeness (QED) is 0.829. The summed E-state index contributed by atoms with van der Waals surface area (Å²) < 4.78 is 5.38. The van der Waals surface area contributed by atoms with E-state index in [1.165, 1.54) is 6.42 Å². The SMILES string of the molecule is CNc1ccc(COC(=O)C2CCCCC2)cc1. The fourth-order valence-electron chi connectivity index (χ4n) is 2.38. The second-order valence-electron chi connectivity index (χ2n) is 4.89. The number of carbonyl (C=O) groups excluding carboxylic acids is 1. The average molecular weight is 247 g/mol. The van der Waals surface area contributed by atoms with Crippen molar-refractivity contribution >= 4 is 11.7 Å². The van der Waals surface area contributed by atoms with Crippen LogP contribution in [0.25, 0.3) is 0 Å². The van der Waals surface area contributed by atoms with Crippen LogP contribution in [0.4, 0.5) is 5.69 Å². The molecule has 1 N–H and O–H groups in total. The summed E-state index contributed by atoms with van der Waals surface area (Å²) in [5.41, 5.74) is 2.11. The van der Waals surface area contributed by atoms with Gasteiger partial charge >= 0.3 is 5.97 Å². The fourth-order valence-corrected chi connectivity index (χ4v) is 2.38. The summed E-state index contributed by atoms with van der Waals surface area (Å²) in [5, 5.41) is 3.06. The van der Waals surface area contributed by atoms with Crippen molar-refractivity contribution in [2.45, 2.75) is 38.7 Å². The van der Waals surface area contributed by atoms with Gasteiger partial charge in [0.1, 0.15) is 6.61 Å². The molecule has 0 aromatic heterocycles. The Balaban J connectivity index is 1.80. The average Bonchev–Trinajstić information content (AvgIpc) is 2.46. The topological polar surface area (TPSA) is 38.3 Å². The van der Waals surface area contributed by atoms with Gasteiger partial charge in [0.2, 0.25) is 0 Å². The highest BCUT2D eigenvalue weighted by molar-refractivity contribution is 5.72. The molecule has 0 amide bonds. The largest absolute Gasteiger partial charge is 0.461 e. The number of ether oxygens (including phenoxy) is 1. The maximum Gasteiger partial charge on any atom is 0.309 e. The maximum absolute atomic E-state index is 11.9. The Bertz CT molecular complexity index is 380. The summed E-state index contributed by atoms with van der Waals surface area (Å²) in [4.78, 5) is 11.9. The first-order valence-electron chi connectivity index (χ1n) is 6.73. The number of esters is 1. The molecule has 0 atom stereocenters. The molecule has 1 fully saturated rings. The van der Waals surface area contributed by atoms with Gasteiger partial charge < -0.3 is 10.1 Å². The predicted molar refractivity (Wildman–Crippen MR) is 72.4 cm³/mol. The molecule has 3 heteroatoms. The highest BCUT2D eigenvalue weighted by Crippen LogP contribution is 2.25. The summed E-state index contributed by atoms with van der Waals surface area (Å²) in [6.07, 6.45) is 5.58. The molecule has 1 aromatic rings. The van der Waals surface area contributed by atoms with Crippen molar-refractivity contribution in [1.82, 2.24) is 0 Å². The van der Waals surface area contributed by atoms with Crippen LogP contribution in [0.2, 0.25) is 0 Å². The fraction of sp³-hybridized carbons (Fsp3) is 0.533. The molecule has 0 spiro atoms. The highest BCUT2D eigenvalue weighted by Gasteiger charge is 2.22. The van der Waals surface area contributed by atoms with Crippen LogP contribution in [0.1, 0.15) is 37.7 Å². The van der Waals surface area contributed by atoms with E-state index in [0.717, 1.165) is 36.9 Å². The molecule has 0 aliphatic heterocycles. The van der Waals surface area contributed by atoms with E-state index in [4.69, 9.17) is 4.74 Å². The lowest BCUT2D eigenvalue weighted by Gasteiger charge is -2.19. The maximum atomic E-state index is 11.9. The van der Waals surface area contributed by atoms with Crippen LogP contribution in [0, 0.1) is 5.92 Å². The monoisotopic (exact) mass is 247 g/mol. The minimum Gasteiger partial charge on any atom is -0.461 e. The van der Waals surface area contributed by atoms with Crippen molar-refractivity contribution in [2.24, 2.45) is 5.92 Å². The molecule has 1 aromatic carbocycles. The lowest BCUT2D eigenvalue weighted by Crippen LogP contribution is -2.20. The number of benzene rings is 1. The molecule has 1 saturated carbocycles. The molecule has 3 nitrogen and oxygen atoms in total. The first-order valence-corrected chi connectivity index (χ1v) is 6.73. The number of anilines is 1. The molecule has 0 unspecified atom stereocenters. The normalized spacial score (nSPS) is 16.3.